The normalized spacial score (nSPS) is 11.0. The van der Waals surface area contributed by atoms with Gasteiger partial charge in [0.25, 0.3) is 0 Å². The highest BCUT2D eigenvalue weighted by molar-refractivity contribution is 7.14. The average Bonchev–Trinajstić information content (AvgIpc) is 2.87. The third-order valence-corrected chi connectivity index (χ3v) is 3.86. The largest absolute Gasteiger partial charge is 0.391 e. The van der Waals surface area contributed by atoms with Crippen LogP contribution in [0.25, 0.3) is 21.6 Å². The zero-order valence-electron chi connectivity index (χ0n) is 9.92. The molecule has 0 bridgehead atoms. The number of pyridine rings is 1. The molecule has 1 N–H and O–H groups in total. The van der Waals surface area contributed by atoms with Gasteiger partial charge in [0.2, 0.25) is 0 Å². The van der Waals surface area contributed by atoms with Gasteiger partial charge in [0.1, 0.15) is 5.01 Å². The number of fused-ring (bicyclic) bond motifs is 1. The lowest BCUT2D eigenvalue weighted by molar-refractivity contribution is 0.285. The van der Waals surface area contributed by atoms with Crippen molar-refractivity contribution < 1.29 is 5.11 Å². The van der Waals surface area contributed by atoms with E-state index in [1.54, 1.807) is 6.20 Å². The maximum absolute atomic E-state index is 9.07. The summed E-state index contributed by atoms with van der Waals surface area (Å²) < 4.78 is 0. The Labute approximate surface area is 109 Å². The van der Waals surface area contributed by atoms with Crippen molar-refractivity contribution in [3.05, 3.63) is 47.0 Å². The van der Waals surface area contributed by atoms with Gasteiger partial charge in [-0.2, -0.15) is 0 Å². The minimum Gasteiger partial charge on any atom is -0.391 e. The van der Waals surface area contributed by atoms with Crippen molar-refractivity contribution in [1.29, 1.82) is 0 Å². The Bertz CT molecular complexity index is 706. The SMILES string of the molecule is Cc1cc(-c2ncc(CO)s2)nc2ccccc12. The summed E-state index contributed by atoms with van der Waals surface area (Å²) in [7, 11) is 0. The van der Waals surface area contributed by atoms with E-state index in [1.807, 2.05) is 24.3 Å². The second kappa shape index (κ2) is 4.48. The van der Waals surface area contributed by atoms with Gasteiger partial charge < -0.3 is 5.11 Å². The highest BCUT2D eigenvalue weighted by Crippen LogP contribution is 2.27. The summed E-state index contributed by atoms with van der Waals surface area (Å²) in [5, 5.41) is 11.1. The number of benzene rings is 1. The molecule has 0 fully saturated rings. The Morgan fingerprint density at radius 3 is 2.89 bits per heavy atom. The number of rotatable bonds is 2. The van der Waals surface area contributed by atoms with Crippen molar-refractivity contribution in [3.8, 4) is 10.7 Å². The van der Waals surface area contributed by atoms with E-state index in [2.05, 4.69) is 23.0 Å². The Hall–Kier alpha value is -1.78. The zero-order valence-corrected chi connectivity index (χ0v) is 10.7. The molecule has 4 heteroatoms. The van der Waals surface area contributed by atoms with E-state index in [-0.39, 0.29) is 6.61 Å². The topological polar surface area (TPSA) is 46.0 Å². The van der Waals surface area contributed by atoms with E-state index in [4.69, 9.17) is 5.11 Å². The third-order valence-electron chi connectivity index (χ3n) is 2.85. The fourth-order valence-electron chi connectivity index (χ4n) is 1.96. The van der Waals surface area contributed by atoms with E-state index < -0.39 is 0 Å². The monoisotopic (exact) mass is 256 g/mol. The summed E-state index contributed by atoms with van der Waals surface area (Å²) in [4.78, 5) is 9.78. The number of thiazole rings is 1. The van der Waals surface area contributed by atoms with Gasteiger partial charge in [-0.05, 0) is 24.6 Å². The molecule has 0 unspecified atom stereocenters. The molecule has 0 saturated heterocycles. The van der Waals surface area contributed by atoms with Crippen LogP contribution in [0.3, 0.4) is 0 Å². The lowest BCUT2D eigenvalue weighted by Crippen LogP contribution is -1.87. The summed E-state index contributed by atoms with van der Waals surface area (Å²) in [5.41, 5.74) is 3.04. The first-order valence-electron chi connectivity index (χ1n) is 5.70. The van der Waals surface area contributed by atoms with Crippen LogP contribution >= 0.6 is 11.3 Å². The van der Waals surface area contributed by atoms with Crippen LogP contribution in [-0.2, 0) is 6.61 Å². The number of aryl methyl sites for hydroxylation is 1. The summed E-state index contributed by atoms with van der Waals surface area (Å²) in [6, 6.07) is 10.1. The molecule has 3 aromatic rings. The number of para-hydroxylation sites is 1. The molecule has 3 nitrogen and oxygen atoms in total. The molecule has 0 atom stereocenters. The fraction of sp³-hybridized carbons (Fsp3) is 0.143. The van der Waals surface area contributed by atoms with Crippen LogP contribution in [-0.4, -0.2) is 15.1 Å². The summed E-state index contributed by atoms with van der Waals surface area (Å²) in [6.45, 7) is 2.11. The van der Waals surface area contributed by atoms with Crippen LogP contribution in [0.4, 0.5) is 0 Å². The van der Waals surface area contributed by atoms with Crippen LogP contribution in [0, 0.1) is 6.92 Å². The zero-order chi connectivity index (χ0) is 12.5. The minimum absolute atomic E-state index is 0.0320. The predicted molar refractivity (Wildman–Crippen MR) is 73.5 cm³/mol. The van der Waals surface area contributed by atoms with E-state index in [1.165, 1.54) is 22.3 Å². The number of hydrogen-bond donors (Lipinski definition) is 1. The number of nitrogens with zero attached hydrogens (tertiary/aromatic N) is 2. The summed E-state index contributed by atoms with van der Waals surface area (Å²) in [6.07, 6.45) is 1.70. The molecule has 0 aliphatic heterocycles. The van der Waals surface area contributed by atoms with E-state index in [0.717, 1.165) is 21.1 Å². The van der Waals surface area contributed by atoms with Crippen LogP contribution in [0.1, 0.15) is 10.4 Å². The lowest BCUT2D eigenvalue weighted by Gasteiger charge is -2.03. The molecular weight excluding hydrogens is 244 g/mol. The maximum Gasteiger partial charge on any atom is 0.142 e. The maximum atomic E-state index is 9.07. The van der Waals surface area contributed by atoms with Gasteiger partial charge in [-0.1, -0.05) is 18.2 Å². The third kappa shape index (κ3) is 1.89. The first-order valence-corrected chi connectivity index (χ1v) is 6.52. The van der Waals surface area contributed by atoms with Gasteiger partial charge in [-0.3, -0.25) is 0 Å². The van der Waals surface area contributed by atoms with Gasteiger partial charge in [0.05, 0.1) is 22.7 Å². The van der Waals surface area contributed by atoms with Crippen molar-refractivity contribution in [2.45, 2.75) is 13.5 Å². The number of aromatic nitrogens is 2. The Morgan fingerprint density at radius 2 is 2.11 bits per heavy atom. The van der Waals surface area contributed by atoms with Gasteiger partial charge in [-0.25, -0.2) is 9.97 Å². The molecule has 2 aromatic heterocycles. The number of aliphatic hydroxyl groups excluding tert-OH is 1. The van der Waals surface area contributed by atoms with Crippen molar-refractivity contribution in [3.63, 3.8) is 0 Å². The fourth-order valence-corrected chi connectivity index (χ4v) is 2.69. The highest BCUT2D eigenvalue weighted by Gasteiger charge is 2.08. The molecule has 1 aromatic carbocycles. The molecular formula is C14H12N2OS. The van der Waals surface area contributed by atoms with Crippen molar-refractivity contribution in [2.24, 2.45) is 0 Å². The standard InChI is InChI=1S/C14H12N2OS/c1-9-6-13(14-15-7-10(8-17)18-14)16-12-5-3-2-4-11(9)12/h2-7,17H,8H2,1H3. The van der Waals surface area contributed by atoms with E-state index >= 15 is 0 Å². The van der Waals surface area contributed by atoms with Crippen molar-refractivity contribution in [2.75, 3.05) is 0 Å². The van der Waals surface area contributed by atoms with Crippen molar-refractivity contribution in [1.82, 2.24) is 9.97 Å². The Morgan fingerprint density at radius 1 is 1.28 bits per heavy atom. The summed E-state index contributed by atoms with van der Waals surface area (Å²) >= 11 is 1.48. The molecule has 0 radical (unpaired) electrons. The van der Waals surface area contributed by atoms with Gasteiger partial charge in [0, 0.05) is 11.6 Å². The van der Waals surface area contributed by atoms with Crippen LogP contribution in [0.2, 0.25) is 0 Å². The highest BCUT2D eigenvalue weighted by atomic mass is 32.1. The smallest absolute Gasteiger partial charge is 0.142 e. The summed E-state index contributed by atoms with van der Waals surface area (Å²) in [5.74, 6) is 0. The number of aliphatic hydroxyl groups is 1. The molecule has 18 heavy (non-hydrogen) atoms. The molecule has 90 valence electrons. The molecule has 0 spiro atoms. The molecule has 0 aliphatic rings. The number of hydrogen-bond acceptors (Lipinski definition) is 4. The molecule has 0 aliphatic carbocycles. The second-order valence-corrected chi connectivity index (χ2v) is 5.25. The Kier molecular flexibility index (Phi) is 2.81. The van der Waals surface area contributed by atoms with Gasteiger partial charge >= 0.3 is 0 Å². The molecule has 3 rings (SSSR count). The van der Waals surface area contributed by atoms with Crippen molar-refractivity contribution >= 4 is 22.2 Å². The Balaban J connectivity index is 2.18. The van der Waals surface area contributed by atoms with E-state index in [0.29, 0.717) is 0 Å². The van der Waals surface area contributed by atoms with Crippen LogP contribution < -0.4 is 0 Å². The quantitative estimate of drug-likeness (QED) is 0.766. The van der Waals surface area contributed by atoms with Crippen LogP contribution in [0.15, 0.2) is 36.5 Å². The lowest BCUT2D eigenvalue weighted by atomic mass is 10.1. The minimum atomic E-state index is 0.0320. The first kappa shape index (κ1) is 11.3. The average molecular weight is 256 g/mol. The van der Waals surface area contributed by atoms with Crippen LogP contribution in [0.5, 0.6) is 0 Å². The molecule has 0 amide bonds. The molecule has 0 saturated carbocycles. The second-order valence-electron chi connectivity index (χ2n) is 4.13. The predicted octanol–water partition coefficient (Wildman–Crippen LogP) is 3.16. The van der Waals surface area contributed by atoms with Gasteiger partial charge in [-0.15, -0.1) is 11.3 Å². The van der Waals surface area contributed by atoms with E-state index in [9.17, 15) is 0 Å². The van der Waals surface area contributed by atoms with Gasteiger partial charge in [0.15, 0.2) is 0 Å². The molecule has 2 heterocycles. The first-order chi connectivity index (χ1) is 8.78.